The van der Waals surface area contributed by atoms with E-state index in [-0.39, 0.29) is 5.91 Å². The molecule has 20 heavy (non-hydrogen) atoms. The molecule has 0 spiro atoms. The van der Waals surface area contributed by atoms with Gasteiger partial charge in [-0.05, 0) is 19.3 Å². The zero-order valence-electron chi connectivity index (χ0n) is 11.8. The molecule has 1 saturated heterocycles. The van der Waals surface area contributed by atoms with E-state index in [1.165, 1.54) is 10.7 Å². The summed E-state index contributed by atoms with van der Waals surface area (Å²) in [7, 11) is 0. The lowest BCUT2D eigenvalue weighted by Gasteiger charge is -2.32. The molecule has 0 aromatic carbocycles. The Morgan fingerprint density at radius 3 is 3.20 bits per heavy atom. The van der Waals surface area contributed by atoms with Crippen LogP contribution < -0.4 is 0 Å². The number of nitrogens with zero attached hydrogens (tertiary/aromatic N) is 2. The minimum Gasteiger partial charge on any atom is -0.500 e. The van der Waals surface area contributed by atoms with Gasteiger partial charge in [0.1, 0.15) is 0 Å². The van der Waals surface area contributed by atoms with Crippen LogP contribution in [0.2, 0.25) is 0 Å². The van der Waals surface area contributed by atoms with Gasteiger partial charge < -0.3 is 9.64 Å². The zero-order valence-corrected chi connectivity index (χ0v) is 12.6. The van der Waals surface area contributed by atoms with Crippen LogP contribution in [-0.2, 0) is 16.0 Å². The smallest absolute Gasteiger partial charge is 0.253 e. The molecule has 1 unspecified atom stereocenters. The molecular formula is C15H20N2O2S. The van der Waals surface area contributed by atoms with Crippen molar-refractivity contribution in [1.82, 2.24) is 9.88 Å². The third kappa shape index (κ3) is 2.73. The van der Waals surface area contributed by atoms with Crippen molar-refractivity contribution in [3.05, 3.63) is 27.9 Å². The van der Waals surface area contributed by atoms with Gasteiger partial charge in [-0.2, -0.15) is 0 Å². The number of aryl methyl sites for hydroxylation is 1. The molecule has 2 aliphatic rings. The number of rotatable bonds is 3. The molecule has 0 saturated carbocycles. The number of carbonyl (C=O) groups is 1. The van der Waals surface area contributed by atoms with Crippen LogP contribution in [0.15, 0.2) is 17.2 Å². The quantitative estimate of drug-likeness (QED) is 0.860. The van der Waals surface area contributed by atoms with E-state index >= 15 is 0 Å². The second-order valence-corrected chi connectivity index (χ2v) is 6.27. The van der Waals surface area contributed by atoms with Crippen LogP contribution in [0.25, 0.3) is 0 Å². The molecule has 2 aliphatic heterocycles. The van der Waals surface area contributed by atoms with Gasteiger partial charge in [0.15, 0.2) is 0 Å². The molecule has 0 radical (unpaired) electrons. The minimum absolute atomic E-state index is 0.152. The van der Waals surface area contributed by atoms with Crippen LogP contribution in [-0.4, -0.2) is 35.5 Å². The maximum absolute atomic E-state index is 12.4. The number of thiazole rings is 1. The number of hydrogen-bond acceptors (Lipinski definition) is 4. The highest BCUT2D eigenvalue weighted by Gasteiger charge is 2.29. The maximum Gasteiger partial charge on any atom is 0.253 e. The molecular weight excluding hydrogens is 272 g/mol. The van der Waals surface area contributed by atoms with Crippen LogP contribution in [0.1, 0.15) is 42.8 Å². The van der Waals surface area contributed by atoms with Crippen molar-refractivity contribution in [2.45, 2.75) is 38.5 Å². The van der Waals surface area contributed by atoms with E-state index in [1.54, 1.807) is 17.6 Å². The van der Waals surface area contributed by atoms with Crippen LogP contribution in [0, 0.1) is 0 Å². The number of likely N-dealkylation sites (tertiary alicyclic amines) is 1. The largest absolute Gasteiger partial charge is 0.500 e. The summed E-state index contributed by atoms with van der Waals surface area (Å²) in [5.41, 5.74) is 1.99. The summed E-state index contributed by atoms with van der Waals surface area (Å²) in [6.07, 6.45) is 5.55. The molecule has 0 N–H and O–H groups in total. The number of ether oxygens (including phenoxy) is 1. The Morgan fingerprint density at radius 2 is 2.50 bits per heavy atom. The Bertz CT molecular complexity index is 524. The Morgan fingerprint density at radius 1 is 1.60 bits per heavy atom. The molecule has 0 aliphatic carbocycles. The first-order valence-corrected chi connectivity index (χ1v) is 8.20. The first kappa shape index (κ1) is 13.6. The molecule has 108 valence electrons. The molecule has 1 aromatic rings. The van der Waals surface area contributed by atoms with Gasteiger partial charge in [0.2, 0.25) is 0 Å². The average molecular weight is 292 g/mol. The minimum atomic E-state index is 0.152. The molecule has 1 aromatic heterocycles. The summed E-state index contributed by atoms with van der Waals surface area (Å²) in [6.45, 7) is 4.43. The van der Waals surface area contributed by atoms with Crippen molar-refractivity contribution < 1.29 is 9.53 Å². The SMILES string of the molecule is CCc1csc(C2CCCN(C(=O)C3=COCC3)C2)n1. The molecule has 5 heteroatoms. The first-order valence-electron chi connectivity index (χ1n) is 7.32. The van der Waals surface area contributed by atoms with Crippen LogP contribution in [0.5, 0.6) is 0 Å². The third-order valence-corrected chi connectivity index (χ3v) is 5.04. The highest BCUT2D eigenvalue weighted by molar-refractivity contribution is 7.09. The standard InChI is InChI=1S/C15H20N2O2S/c1-2-13-10-20-14(16-13)11-4-3-6-17(8-11)15(18)12-5-7-19-9-12/h9-11H,2-8H2,1H3. The van der Waals surface area contributed by atoms with Gasteiger partial charge in [-0.25, -0.2) is 4.98 Å². The fraction of sp³-hybridized carbons (Fsp3) is 0.600. The van der Waals surface area contributed by atoms with E-state index in [0.717, 1.165) is 44.3 Å². The summed E-state index contributed by atoms with van der Waals surface area (Å²) >= 11 is 1.74. The molecule has 1 atom stereocenters. The van der Waals surface area contributed by atoms with E-state index in [2.05, 4.69) is 17.3 Å². The maximum atomic E-state index is 12.4. The van der Waals surface area contributed by atoms with Crippen LogP contribution in [0.4, 0.5) is 0 Å². The third-order valence-electron chi connectivity index (χ3n) is 3.98. The van der Waals surface area contributed by atoms with Crippen LogP contribution >= 0.6 is 11.3 Å². The molecule has 4 nitrogen and oxygen atoms in total. The van der Waals surface area contributed by atoms with E-state index in [1.807, 2.05) is 4.90 Å². The molecule has 3 heterocycles. The van der Waals surface area contributed by atoms with E-state index < -0.39 is 0 Å². The molecule has 1 fully saturated rings. The van der Waals surface area contributed by atoms with Gasteiger partial charge >= 0.3 is 0 Å². The van der Waals surface area contributed by atoms with Crippen molar-refractivity contribution in [2.24, 2.45) is 0 Å². The van der Waals surface area contributed by atoms with Crippen molar-refractivity contribution in [1.29, 1.82) is 0 Å². The normalized spacial score (nSPS) is 22.6. The lowest BCUT2D eigenvalue weighted by molar-refractivity contribution is -0.128. The van der Waals surface area contributed by atoms with Gasteiger partial charge in [-0.3, -0.25) is 4.79 Å². The number of amides is 1. The zero-order chi connectivity index (χ0) is 13.9. The van der Waals surface area contributed by atoms with Gasteiger partial charge in [0.05, 0.1) is 29.1 Å². The van der Waals surface area contributed by atoms with Crippen molar-refractivity contribution in [3.63, 3.8) is 0 Å². The van der Waals surface area contributed by atoms with Crippen molar-refractivity contribution in [2.75, 3.05) is 19.7 Å². The molecule has 0 bridgehead atoms. The van der Waals surface area contributed by atoms with E-state index in [0.29, 0.717) is 12.5 Å². The predicted molar refractivity (Wildman–Crippen MR) is 78.7 cm³/mol. The summed E-state index contributed by atoms with van der Waals surface area (Å²) in [6, 6.07) is 0. The first-order chi connectivity index (χ1) is 9.78. The Labute approximate surface area is 123 Å². The van der Waals surface area contributed by atoms with E-state index in [4.69, 9.17) is 4.74 Å². The fourth-order valence-corrected chi connectivity index (χ4v) is 3.81. The topological polar surface area (TPSA) is 42.4 Å². The average Bonchev–Trinajstić information content (AvgIpc) is 3.17. The second-order valence-electron chi connectivity index (χ2n) is 5.38. The second kappa shape index (κ2) is 5.95. The summed E-state index contributed by atoms with van der Waals surface area (Å²) in [5.74, 6) is 0.556. The number of carbonyl (C=O) groups excluding carboxylic acids is 1. The van der Waals surface area contributed by atoms with Crippen LogP contribution in [0.3, 0.4) is 0 Å². The summed E-state index contributed by atoms with van der Waals surface area (Å²) < 4.78 is 5.18. The van der Waals surface area contributed by atoms with Gasteiger partial charge in [-0.1, -0.05) is 6.92 Å². The molecule has 1 amide bonds. The van der Waals surface area contributed by atoms with Gasteiger partial charge in [0.25, 0.3) is 5.91 Å². The van der Waals surface area contributed by atoms with Gasteiger partial charge in [0, 0.05) is 30.8 Å². The highest BCUT2D eigenvalue weighted by atomic mass is 32.1. The van der Waals surface area contributed by atoms with Crippen molar-refractivity contribution in [3.8, 4) is 0 Å². The summed E-state index contributed by atoms with van der Waals surface area (Å²) in [4.78, 5) is 19.1. The predicted octanol–water partition coefficient (Wildman–Crippen LogP) is 2.72. The Kier molecular flexibility index (Phi) is 4.05. The Balaban J connectivity index is 1.68. The van der Waals surface area contributed by atoms with Gasteiger partial charge in [-0.15, -0.1) is 11.3 Å². The van der Waals surface area contributed by atoms with Crippen molar-refractivity contribution >= 4 is 17.2 Å². The molecule has 3 rings (SSSR count). The number of piperidine rings is 1. The highest BCUT2D eigenvalue weighted by Crippen LogP contribution is 2.30. The number of hydrogen-bond donors (Lipinski definition) is 0. The lowest BCUT2D eigenvalue weighted by atomic mass is 9.98. The lowest BCUT2D eigenvalue weighted by Crippen LogP contribution is -2.39. The monoisotopic (exact) mass is 292 g/mol. The summed E-state index contributed by atoms with van der Waals surface area (Å²) in [5, 5.41) is 3.33. The fourth-order valence-electron chi connectivity index (χ4n) is 2.78. The number of aromatic nitrogens is 1. The Hall–Kier alpha value is -1.36. The van der Waals surface area contributed by atoms with E-state index in [9.17, 15) is 4.79 Å².